The van der Waals surface area contributed by atoms with Crippen molar-refractivity contribution in [2.24, 2.45) is 11.3 Å². The van der Waals surface area contributed by atoms with Gasteiger partial charge >= 0.3 is 0 Å². The number of amides is 2. The zero-order valence-electron chi connectivity index (χ0n) is 12.5. The van der Waals surface area contributed by atoms with Gasteiger partial charge in [-0.3, -0.25) is 14.9 Å². The Morgan fingerprint density at radius 1 is 1.43 bits per heavy atom. The van der Waals surface area contributed by atoms with Gasteiger partial charge in [-0.2, -0.15) is 0 Å². The smallest absolute Gasteiger partial charge is 0.234 e. The number of hydrogen-bond donors (Lipinski definition) is 1. The molecule has 2 rings (SSSR count). The first kappa shape index (κ1) is 15.6. The van der Waals surface area contributed by atoms with E-state index in [4.69, 9.17) is 4.74 Å². The van der Waals surface area contributed by atoms with Crippen molar-refractivity contribution in [3.63, 3.8) is 0 Å². The summed E-state index contributed by atoms with van der Waals surface area (Å²) >= 11 is 0. The van der Waals surface area contributed by atoms with Crippen molar-refractivity contribution in [2.75, 3.05) is 13.7 Å². The van der Waals surface area contributed by atoms with Gasteiger partial charge in [0, 0.05) is 18.9 Å². The van der Waals surface area contributed by atoms with Gasteiger partial charge in [-0.25, -0.2) is 4.39 Å². The number of halogens is 1. The van der Waals surface area contributed by atoms with Crippen LogP contribution in [0.4, 0.5) is 4.39 Å². The first-order valence-corrected chi connectivity index (χ1v) is 6.99. The van der Waals surface area contributed by atoms with Gasteiger partial charge in [-0.15, -0.1) is 0 Å². The molecule has 4 nitrogen and oxygen atoms in total. The monoisotopic (exact) mass is 293 g/mol. The summed E-state index contributed by atoms with van der Waals surface area (Å²) in [5.41, 5.74) is -0.0900. The number of carbonyl (C=O) groups is 2. The fourth-order valence-corrected chi connectivity index (χ4v) is 3.19. The summed E-state index contributed by atoms with van der Waals surface area (Å²) in [5, 5.41) is 2.36. The maximum absolute atomic E-state index is 13.5. The highest BCUT2D eigenvalue weighted by molar-refractivity contribution is 6.02. The van der Waals surface area contributed by atoms with Crippen molar-refractivity contribution in [3.8, 4) is 0 Å². The predicted molar refractivity (Wildman–Crippen MR) is 76.1 cm³/mol. The summed E-state index contributed by atoms with van der Waals surface area (Å²) < 4.78 is 18.8. The van der Waals surface area contributed by atoms with Crippen LogP contribution in [0.5, 0.6) is 0 Å². The number of piperidine rings is 1. The zero-order chi connectivity index (χ0) is 15.6. The van der Waals surface area contributed by atoms with Crippen LogP contribution in [0.3, 0.4) is 0 Å². The van der Waals surface area contributed by atoms with Gasteiger partial charge in [-0.1, -0.05) is 26.0 Å². The van der Waals surface area contributed by atoms with E-state index in [1.807, 2.05) is 13.8 Å². The maximum Gasteiger partial charge on any atom is 0.234 e. The number of ether oxygens (including phenoxy) is 1. The van der Waals surface area contributed by atoms with E-state index in [9.17, 15) is 14.0 Å². The first-order valence-electron chi connectivity index (χ1n) is 6.99. The molecule has 1 aliphatic rings. The lowest BCUT2D eigenvalue weighted by atomic mass is 9.61. The van der Waals surface area contributed by atoms with E-state index in [2.05, 4.69) is 5.32 Å². The SMILES string of the molecule is COCC1(C(C)C)CC(=O)NC(=O)C1c1cccc(F)c1. The third-order valence-corrected chi connectivity index (χ3v) is 4.33. The number of methoxy groups -OCH3 is 1. The minimum atomic E-state index is -0.665. The van der Waals surface area contributed by atoms with Gasteiger partial charge in [0.15, 0.2) is 0 Å². The van der Waals surface area contributed by atoms with Crippen molar-refractivity contribution in [1.29, 1.82) is 0 Å². The van der Waals surface area contributed by atoms with E-state index in [1.165, 1.54) is 12.1 Å². The molecule has 0 aromatic heterocycles. The second-order valence-electron chi connectivity index (χ2n) is 5.90. The van der Waals surface area contributed by atoms with Crippen LogP contribution in [0.15, 0.2) is 24.3 Å². The molecular weight excluding hydrogens is 273 g/mol. The van der Waals surface area contributed by atoms with Gasteiger partial charge in [-0.05, 0) is 23.6 Å². The van der Waals surface area contributed by atoms with Crippen LogP contribution >= 0.6 is 0 Å². The predicted octanol–water partition coefficient (Wildman–Crippen LogP) is 2.24. The molecule has 2 atom stereocenters. The summed E-state index contributed by atoms with van der Waals surface area (Å²) in [4.78, 5) is 24.3. The van der Waals surface area contributed by atoms with Gasteiger partial charge < -0.3 is 4.74 Å². The van der Waals surface area contributed by atoms with E-state index in [1.54, 1.807) is 19.2 Å². The molecule has 0 radical (unpaired) electrons. The van der Waals surface area contributed by atoms with Gasteiger partial charge in [0.05, 0.1) is 12.5 Å². The molecule has 1 saturated heterocycles. The van der Waals surface area contributed by atoms with E-state index < -0.39 is 17.2 Å². The van der Waals surface area contributed by atoms with Crippen LogP contribution < -0.4 is 5.32 Å². The largest absolute Gasteiger partial charge is 0.384 e. The van der Waals surface area contributed by atoms with Gasteiger partial charge in [0.25, 0.3) is 0 Å². The molecule has 0 spiro atoms. The third-order valence-electron chi connectivity index (χ3n) is 4.33. The molecule has 5 heteroatoms. The van der Waals surface area contributed by atoms with Crippen LogP contribution in [0, 0.1) is 17.2 Å². The molecule has 0 aliphatic carbocycles. The molecule has 2 amide bonds. The minimum absolute atomic E-state index is 0.0284. The minimum Gasteiger partial charge on any atom is -0.384 e. The standard InChI is InChI=1S/C16H20FNO3/c1-10(2)16(9-21-3)8-13(19)18-15(20)14(16)11-5-4-6-12(17)7-11/h4-7,10,14H,8-9H2,1-3H3,(H,18,19,20). The normalized spacial score (nSPS) is 26.0. The number of carbonyl (C=O) groups excluding carboxylic acids is 2. The highest BCUT2D eigenvalue weighted by atomic mass is 19.1. The van der Waals surface area contributed by atoms with Crippen LogP contribution in [0.1, 0.15) is 31.7 Å². The Balaban J connectivity index is 2.55. The lowest BCUT2D eigenvalue weighted by molar-refractivity contribution is -0.145. The molecule has 1 fully saturated rings. The molecule has 2 unspecified atom stereocenters. The quantitative estimate of drug-likeness (QED) is 0.866. The number of benzene rings is 1. The summed E-state index contributed by atoms with van der Waals surface area (Å²) in [6.07, 6.45) is 0.186. The van der Waals surface area contributed by atoms with E-state index in [-0.39, 0.29) is 30.8 Å². The molecule has 21 heavy (non-hydrogen) atoms. The van der Waals surface area contributed by atoms with Gasteiger partial charge in [0.2, 0.25) is 11.8 Å². The van der Waals surface area contributed by atoms with E-state index >= 15 is 0 Å². The maximum atomic E-state index is 13.5. The van der Waals surface area contributed by atoms with Crippen LogP contribution in [-0.4, -0.2) is 25.5 Å². The molecule has 0 bridgehead atoms. The zero-order valence-corrected chi connectivity index (χ0v) is 12.5. The summed E-state index contributed by atoms with van der Waals surface area (Å²) in [6, 6.07) is 5.98. The number of rotatable bonds is 4. The molecule has 0 saturated carbocycles. The van der Waals surface area contributed by atoms with Gasteiger partial charge in [0.1, 0.15) is 5.82 Å². The second-order valence-corrected chi connectivity index (χ2v) is 5.90. The molecule has 1 aromatic carbocycles. The van der Waals surface area contributed by atoms with Crippen LogP contribution in [0.25, 0.3) is 0 Å². The number of hydrogen-bond acceptors (Lipinski definition) is 3. The fraction of sp³-hybridized carbons (Fsp3) is 0.500. The first-order chi connectivity index (χ1) is 9.90. The number of imide groups is 1. The molecule has 114 valence electrons. The van der Waals surface area contributed by atoms with Crippen molar-refractivity contribution < 1.29 is 18.7 Å². The molecular formula is C16H20FNO3. The Labute approximate surface area is 123 Å². The fourth-order valence-electron chi connectivity index (χ4n) is 3.19. The van der Waals surface area contributed by atoms with E-state index in [0.29, 0.717) is 5.56 Å². The lowest BCUT2D eigenvalue weighted by Gasteiger charge is -2.45. The Kier molecular flexibility index (Phi) is 4.42. The Bertz CT molecular complexity index is 558. The summed E-state index contributed by atoms with van der Waals surface area (Å²) in [5.74, 6) is -1.67. The number of nitrogens with one attached hydrogen (secondary N) is 1. The van der Waals surface area contributed by atoms with Crippen LogP contribution in [0.2, 0.25) is 0 Å². The van der Waals surface area contributed by atoms with Crippen molar-refractivity contribution in [3.05, 3.63) is 35.6 Å². The topological polar surface area (TPSA) is 55.4 Å². The van der Waals surface area contributed by atoms with Crippen molar-refractivity contribution in [2.45, 2.75) is 26.2 Å². The Hall–Kier alpha value is -1.75. The lowest BCUT2D eigenvalue weighted by Crippen LogP contribution is -2.54. The summed E-state index contributed by atoms with van der Waals surface area (Å²) in [6.45, 7) is 4.18. The molecule has 1 N–H and O–H groups in total. The highest BCUT2D eigenvalue weighted by Gasteiger charge is 2.51. The van der Waals surface area contributed by atoms with E-state index in [0.717, 1.165) is 0 Å². The third kappa shape index (κ3) is 2.83. The average Bonchev–Trinajstić information content (AvgIpc) is 2.37. The Morgan fingerprint density at radius 3 is 2.71 bits per heavy atom. The Morgan fingerprint density at radius 2 is 2.14 bits per heavy atom. The molecule has 1 aliphatic heterocycles. The van der Waals surface area contributed by atoms with Crippen molar-refractivity contribution >= 4 is 11.8 Å². The highest BCUT2D eigenvalue weighted by Crippen LogP contribution is 2.47. The molecule has 1 aromatic rings. The summed E-state index contributed by atoms with van der Waals surface area (Å²) in [7, 11) is 1.55. The van der Waals surface area contributed by atoms with Crippen molar-refractivity contribution in [1.82, 2.24) is 5.32 Å². The molecule has 1 heterocycles. The second kappa shape index (κ2) is 5.93. The average molecular weight is 293 g/mol. The van der Waals surface area contributed by atoms with Crippen LogP contribution in [-0.2, 0) is 14.3 Å².